The second kappa shape index (κ2) is 6.07. The number of carbonyl (C=O) groups excluding carboxylic acids is 2. The van der Waals surface area contributed by atoms with Gasteiger partial charge in [-0.05, 0) is 30.4 Å². The molecule has 1 aliphatic heterocycles. The molecule has 1 aliphatic rings. The predicted octanol–water partition coefficient (Wildman–Crippen LogP) is 2.73. The molecule has 0 aromatic heterocycles. The van der Waals surface area contributed by atoms with Crippen LogP contribution >= 0.6 is 0 Å². The standard InChI is InChI=1S/C16H21NO3/c1-11-8-12(2)10-17(9-11)16(19)14-6-4-5-7-15(14)20-13(3)18/h4-7,11-12H,8-10H2,1-3H3/t11-,12-/m0/s1. The molecule has 0 aliphatic carbocycles. The summed E-state index contributed by atoms with van der Waals surface area (Å²) in [4.78, 5) is 25.6. The molecule has 1 saturated heterocycles. The van der Waals surface area contributed by atoms with E-state index in [1.807, 2.05) is 4.90 Å². The number of para-hydroxylation sites is 1. The number of carbonyl (C=O) groups is 2. The van der Waals surface area contributed by atoms with E-state index in [1.165, 1.54) is 6.92 Å². The van der Waals surface area contributed by atoms with Crippen molar-refractivity contribution in [3.8, 4) is 5.75 Å². The van der Waals surface area contributed by atoms with Crippen LogP contribution in [0.4, 0.5) is 0 Å². The number of ether oxygens (including phenoxy) is 1. The number of piperidine rings is 1. The highest BCUT2D eigenvalue weighted by molar-refractivity contribution is 5.97. The molecular weight excluding hydrogens is 254 g/mol. The molecule has 0 N–H and O–H groups in total. The Balaban J connectivity index is 2.22. The van der Waals surface area contributed by atoms with Crippen LogP contribution in [-0.4, -0.2) is 29.9 Å². The molecule has 20 heavy (non-hydrogen) atoms. The molecule has 0 saturated carbocycles. The van der Waals surface area contributed by atoms with Gasteiger partial charge in [0.05, 0.1) is 5.56 Å². The van der Waals surface area contributed by atoms with E-state index in [9.17, 15) is 9.59 Å². The summed E-state index contributed by atoms with van der Waals surface area (Å²) < 4.78 is 5.12. The van der Waals surface area contributed by atoms with Crippen molar-refractivity contribution in [2.24, 2.45) is 11.8 Å². The van der Waals surface area contributed by atoms with E-state index in [0.29, 0.717) is 23.1 Å². The molecule has 4 heteroatoms. The Bertz CT molecular complexity index is 502. The summed E-state index contributed by atoms with van der Waals surface area (Å²) in [6.45, 7) is 7.18. The van der Waals surface area contributed by atoms with E-state index in [-0.39, 0.29) is 5.91 Å². The Kier molecular flexibility index (Phi) is 4.42. The van der Waals surface area contributed by atoms with Gasteiger partial charge in [-0.25, -0.2) is 0 Å². The fourth-order valence-electron chi connectivity index (χ4n) is 2.89. The lowest BCUT2D eigenvalue weighted by molar-refractivity contribution is -0.131. The average Bonchev–Trinajstić information content (AvgIpc) is 2.36. The average molecular weight is 275 g/mol. The highest BCUT2D eigenvalue weighted by Gasteiger charge is 2.27. The van der Waals surface area contributed by atoms with Gasteiger partial charge in [0.2, 0.25) is 0 Å². The monoisotopic (exact) mass is 275 g/mol. The number of hydrogen-bond acceptors (Lipinski definition) is 3. The molecule has 0 unspecified atom stereocenters. The van der Waals surface area contributed by atoms with Crippen LogP contribution in [0.1, 0.15) is 37.6 Å². The van der Waals surface area contributed by atoms with Gasteiger partial charge in [0.25, 0.3) is 5.91 Å². The van der Waals surface area contributed by atoms with Crippen molar-refractivity contribution < 1.29 is 14.3 Å². The third kappa shape index (κ3) is 3.38. The van der Waals surface area contributed by atoms with Crippen molar-refractivity contribution in [1.82, 2.24) is 4.90 Å². The van der Waals surface area contributed by atoms with Crippen LogP contribution in [0.3, 0.4) is 0 Å². The maximum Gasteiger partial charge on any atom is 0.308 e. The lowest BCUT2D eigenvalue weighted by Gasteiger charge is -2.35. The summed E-state index contributed by atoms with van der Waals surface area (Å²) in [7, 11) is 0. The molecule has 1 heterocycles. The third-order valence-electron chi connectivity index (χ3n) is 3.53. The number of rotatable bonds is 2. The SMILES string of the molecule is CC(=O)Oc1ccccc1C(=O)N1C[C@@H](C)C[C@H](C)C1. The molecule has 1 amide bonds. The van der Waals surface area contributed by atoms with Crippen LogP contribution in [0.25, 0.3) is 0 Å². The number of esters is 1. The Morgan fingerprint density at radius 2 is 1.75 bits per heavy atom. The molecule has 0 bridgehead atoms. The zero-order chi connectivity index (χ0) is 14.7. The van der Waals surface area contributed by atoms with Crippen molar-refractivity contribution in [2.45, 2.75) is 27.2 Å². The van der Waals surface area contributed by atoms with E-state index in [1.54, 1.807) is 24.3 Å². The van der Waals surface area contributed by atoms with Gasteiger partial charge in [-0.15, -0.1) is 0 Å². The fourth-order valence-corrected chi connectivity index (χ4v) is 2.89. The third-order valence-corrected chi connectivity index (χ3v) is 3.53. The van der Waals surface area contributed by atoms with Crippen LogP contribution in [0, 0.1) is 11.8 Å². The second-order valence-electron chi connectivity index (χ2n) is 5.75. The molecule has 2 rings (SSSR count). The Labute approximate surface area is 119 Å². The summed E-state index contributed by atoms with van der Waals surface area (Å²) in [5.74, 6) is 0.883. The van der Waals surface area contributed by atoms with Gasteiger partial charge in [0.15, 0.2) is 0 Å². The first-order valence-electron chi connectivity index (χ1n) is 7.04. The van der Waals surface area contributed by atoms with Crippen LogP contribution in [0.2, 0.25) is 0 Å². The van der Waals surface area contributed by atoms with Gasteiger partial charge in [0.1, 0.15) is 5.75 Å². The summed E-state index contributed by atoms with van der Waals surface area (Å²) >= 11 is 0. The van der Waals surface area contributed by atoms with Crippen molar-refractivity contribution in [1.29, 1.82) is 0 Å². The van der Waals surface area contributed by atoms with E-state index < -0.39 is 5.97 Å². The van der Waals surface area contributed by atoms with E-state index in [0.717, 1.165) is 19.5 Å². The Hall–Kier alpha value is -1.84. The number of benzene rings is 1. The molecule has 0 radical (unpaired) electrons. The van der Waals surface area contributed by atoms with E-state index >= 15 is 0 Å². The minimum Gasteiger partial charge on any atom is -0.426 e. The zero-order valence-electron chi connectivity index (χ0n) is 12.3. The first-order chi connectivity index (χ1) is 9.47. The highest BCUT2D eigenvalue weighted by atomic mass is 16.5. The molecule has 1 aromatic carbocycles. The minimum atomic E-state index is -0.411. The largest absolute Gasteiger partial charge is 0.426 e. The quantitative estimate of drug-likeness (QED) is 0.616. The zero-order valence-corrected chi connectivity index (χ0v) is 12.3. The smallest absolute Gasteiger partial charge is 0.308 e. The van der Waals surface area contributed by atoms with Crippen molar-refractivity contribution in [3.63, 3.8) is 0 Å². The summed E-state index contributed by atoms with van der Waals surface area (Å²) in [6, 6.07) is 6.92. The number of amides is 1. The Morgan fingerprint density at radius 1 is 1.15 bits per heavy atom. The van der Waals surface area contributed by atoms with Crippen molar-refractivity contribution in [3.05, 3.63) is 29.8 Å². The molecular formula is C16H21NO3. The van der Waals surface area contributed by atoms with Crippen molar-refractivity contribution >= 4 is 11.9 Å². The lowest BCUT2D eigenvalue weighted by atomic mass is 9.91. The van der Waals surface area contributed by atoms with Gasteiger partial charge >= 0.3 is 5.97 Å². The maximum atomic E-state index is 12.6. The minimum absolute atomic E-state index is 0.0553. The summed E-state index contributed by atoms with van der Waals surface area (Å²) in [5, 5.41) is 0. The molecule has 1 fully saturated rings. The van der Waals surface area contributed by atoms with Gasteiger partial charge in [-0.1, -0.05) is 26.0 Å². The van der Waals surface area contributed by atoms with Gasteiger partial charge in [-0.3, -0.25) is 9.59 Å². The molecule has 4 nitrogen and oxygen atoms in total. The van der Waals surface area contributed by atoms with E-state index in [2.05, 4.69) is 13.8 Å². The predicted molar refractivity (Wildman–Crippen MR) is 76.6 cm³/mol. The summed E-state index contributed by atoms with van der Waals surface area (Å²) in [5.41, 5.74) is 0.462. The molecule has 2 atom stereocenters. The number of likely N-dealkylation sites (tertiary alicyclic amines) is 1. The number of hydrogen-bond donors (Lipinski definition) is 0. The normalized spacial score (nSPS) is 22.4. The number of nitrogens with zero attached hydrogens (tertiary/aromatic N) is 1. The first-order valence-corrected chi connectivity index (χ1v) is 7.04. The van der Waals surface area contributed by atoms with Gasteiger partial charge in [0, 0.05) is 20.0 Å². The van der Waals surface area contributed by atoms with Crippen LogP contribution in [-0.2, 0) is 4.79 Å². The molecule has 1 aromatic rings. The maximum absolute atomic E-state index is 12.6. The first kappa shape index (κ1) is 14.6. The fraction of sp³-hybridized carbons (Fsp3) is 0.500. The summed E-state index contributed by atoms with van der Waals surface area (Å²) in [6.07, 6.45) is 1.15. The topological polar surface area (TPSA) is 46.6 Å². The van der Waals surface area contributed by atoms with Gasteiger partial charge < -0.3 is 9.64 Å². The van der Waals surface area contributed by atoms with Crippen LogP contribution in [0.15, 0.2) is 24.3 Å². The van der Waals surface area contributed by atoms with Gasteiger partial charge in [-0.2, -0.15) is 0 Å². The second-order valence-corrected chi connectivity index (χ2v) is 5.75. The van der Waals surface area contributed by atoms with Crippen molar-refractivity contribution in [2.75, 3.05) is 13.1 Å². The molecule has 108 valence electrons. The van der Waals surface area contributed by atoms with E-state index in [4.69, 9.17) is 4.74 Å². The lowest BCUT2D eigenvalue weighted by Crippen LogP contribution is -2.42. The highest BCUT2D eigenvalue weighted by Crippen LogP contribution is 2.25. The van der Waals surface area contributed by atoms with Crippen LogP contribution in [0.5, 0.6) is 5.75 Å². The molecule has 0 spiro atoms. The Morgan fingerprint density at radius 3 is 2.35 bits per heavy atom. The van der Waals surface area contributed by atoms with Crippen LogP contribution < -0.4 is 4.74 Å².